The standard InChI is InChI=1S/C16H17FN2OS/c1-3-13(19)16(15-8-7-10(2)21-15)20-14-6-4-5-12(17)11(14)9-18/h4-8,13,16H,3,19H2,1-2H3. The number of hydrogen-bond acceptors (Lipinski definition) is 4. The van der Waals surface area contributed by atoms with Gasteiger partial charge < -0.3 is 10.5 Å². The maximum Gasteiger partial charge on any atom is 0.148 e. The van der Waals surface area contributed by atoms with Crippen molar-refractivity contribution in [2.75, 3.05) is 0 Å². The number of ether oxygens (including phenoxy) is 1. The van der Waals surface area contributed by atoms with Crippen LogP contribution in [-0.2, 0) is 0 Å². The third kappa shape index (κ3) is 3.41. The molecule has 2 aromatic rings. The highest BCUT2D eigenvalue weighted by Gasteiger charge is 2.24. The van der Waals surface area contributed by atoms with E-state index in [-0.39, 0.29) is 23.5 Å². The summed E-state index contributed by atoms with van der Waals surface area (Å²) >= 11 is 1.59. The van der Waals surface area contributed by atoms with E-state index in [2.05, 4.69) is 0 Å². The molecule has 3 nitrogen and oxygen atoms in total. The molecule has 0 saturated carbocycles. The van der Waals surface area contributed by atoms with Crippen LogP contribution in [0, 0.1) is 24.1 Å². The second-order valence-corrected chi connectivity index (χ2v) is 6.10. The number of halogens is 1. The molecule has 0 spiro atoms. The van der Waals surface area contributed by atoms with Crippen LogP contribution >= 0.6 is 11.3 Å². The number of aryl methyl sites for hydroxylation is 1. The van der Waals surface area contributed by atoms with Gasteiger partial charge in [-0.2, -0.15) is 5.26 Å². The van der Waals surface area contributed by atoms with E-state index in [1.807, 2.05) is 32.0 Å². The van der Waals surface area contributed by atoms with Gasteiger partial charge in [0.25, 0.3) is 0 Å². The van der Waals surface area contributed by atoms with Crippen LogP contribution in [0.3, 0.4) is 0 Å². The number of nitriles is 1. The van der Waals surface area contributed by atoms with Crippen LogP contribution in [0.25, 0.3) is 0 Å². The number of hydrogen-bond donors (Lipinski definition) is 1. The maximum atomic E-state index is 13.7. The Morgan fingerprint density at radius 3 is 2.71 bits per heavy atom. The highest BCUT2D eigenvalue weighted by molar-refractivity contribution is 7.12. The summed E-state index contributed by atoms with van der Waals surface area (Å²) in [5.41, 5.74) is 6.06. The lowest BCUT2D eigenvalue weighted by atomic mass is 10.1. The average molecular weight is 304 g/mol. The predicted molar refractivity (Wildman–Crippen MR) is 81.8 cm³/mol. The Bertz CT molecular complexity index is 663. The van der Waals surface area contributed by atoms with Gasteiger partial charge in [0.05, 0.1) is 0 Å². The van der Waals surface area contributed by atoms with Crippen molar-refractivity contribution in [3.05, 3.63) is 51.5 Å². The van der Waals surface area contributed by atoms with E-state index in [0.717, 1.165) is 16.2 Å². The Labute approximate surface area is 127 Å². The van der Waals surface area contributed by atoms with Crippen molar-refractivity contribution in [1.29, 1.82) is 5.26 Å². The van der Waals surface area contributed by atoms with Crippen molar-refractivity contribution in [3.63, 3.8) is 0 Å². The molecule has 1 aromatic heterocycles. The first-order chi connectivity index (χ1) is 10.1. The molecule has 2 rings (SSSR count). The molecule has 21 heavy (non-hydrogen) atoms. The zero-order valence-electron chi connectivity index (χ0n) is 12.0. The molecule has 0 saturated heterocycles. The second kappa shape index (κ2) is 6.70. The zero-order chi connectivity index (χ0) is 15.4. The van der Waals surface area contributed by atoms with E-state index >= 15 is 0 Å². The molecule has 0 aliphatic rings. The van der Waals surface area contributed by atoms with Gasteiger partial charge in [-0.1, -0.05) is 13.0 Å². The Hall–Kier alpha value is -1.90. The van der Waals surface area contributed by atoms with Crippen molar-refractivity contribution < 1.29 is 9.13 Å². The summed E-state index contributed by atoms with van der Waals surface area (Å²) in [4.78, 5) is 2.14. The number of nitrogens with two attached hydrogens (primary N) is 1. The van der Waals surface area contributed by atoms with Gasteiger partial charge in [0.1, 0.15) is 29.3 Å². The Morgan fingerprint density at radius 1 is 1.38 bits per heavy atom. The van der Waals surface area contributed by atoms with E-state index in [1.165, 1.54) is 12.1 Å². The van der Waals surface area contributed by atoms with Crippen molar-refractivity contribution in [2.24, 2.45) is 5.73 Å². The molecule has 110 valence electrons. The van der Waals surface area contributed by atoms with E-state index < -0.39 is 5.82 Å². The van der Waals surface area contributed by atoms with Crippen LogP contribution in [0.15, 0.2) is 30.3 Å². The van der Waals surface area contributed by atoms with Gasteiger partial charge >= 0.3 is 0 Å². The molecule has 0 aliphatic heterocycles. The lowest BCUT2D eigenvalue weighted by molar-refractivity contribution is 0.173. The summed E-state index contributed by atoms with van der Waals surface area (Å²) < 4.78 is 19.6. The minimum Gasteiger partial charge on any atom is -0.482 e. The Morgan fingerprint density at radius 2 is 2.14 bits per heavy atom. The first-order valence-electron chi connectivity index (χ1n) is 6.74. The SMILES string of the molecule is CCC(N)C(Oc1cccc(F)c1C#N)c1ccc(C)s1. The second-order valence-electron chi connectivity index (χ2n) is 4.78. The third-order valence-electron chi connectivity index (χ3n) is 3.24. The Balaban J connectivity index is 2.37. The highest BCUT2D eigenvalue weighted by atomic mass is 32.1. The van der Waals surface area contributed by atoms with E-state index in [4.69, 9.17) is 15.7 Å². The largest absolute Gasteiger partial charge is 0.482 e. The third-order valence-corrected chi connectivity index (χ3v) is 4.31. The Kier molecular flexibility index (Phi) is 4.94. The minimum absolute atomic E-state index is 0.0842. The van der Waals surface area contributed by atoms with Crippen LogP contribution in [0.4, 0.5) is 4.39 Å². The first kappa shape index (κ1) is 15.5. The van der Waals surface area contributed by atoms with Gasteiger partial charge in [-0.3, -0.25) is 0 Å². The van der Waals surface area contributed by atoms with Gasteiger partial charge in [0, 0.05) is 15.8 Å². The van der Waals surface area contributed by atoms with Gasteiger partial charge in [-0.05, 0) is 37.6 Å². The molecule has 1 heterocycles. The van der Waals surface area contributed by atoms with Crippen molar-refractivity contribution in [1.82, 2.24) is 0 Å². The molecule has 2 atom stereocenters. The van der Waals surface area contributed by atoms with Crippen molar-refractivity contribution in [3.8, 4) is 11.8 Å². The summed E-state index contributed by atoms with van der Waals surface area (Å²) in [6.45, 7) is 3.98. The number of benzene rings is 1. The lowest BCUT2D eigenvalue weighted by Crippen LogP contribution is -2.31. The van der Waals surface area contributed by atoms with Gasteiger partial charge in [0.2, 0.25) is 0 Å². The van der Waals surface area contributed by atoms with Crippen LogP contribution in [0.1, 0.15) is 34.8 Å². The summed E-state index contributed by atoms with van der Waals surface area (Å²) in [7, 11) is 0. The fraction of sp³-hybridized carbons (Fsp3) is 0.312. The van der Waals surface area contributed by atoms with Crippen LogP contribution in [0.2, 0.25) is 0 Å². The fourth-order valence-electron chi connectivity index (χ4n) is 2.02. The fourth-order valence-corrected chi connectivity index (χ4v) is 3.01. The van der Waals surface area contributed by atoms with E-state index in [0.29, 0.717) is 0 Å². The van der Waals surface area contributed by atoms with Gasteiger partial charge in [-0.15, -0.1) is 11.3 Å². The van der Waals surface area contributed by atoms with Crippen LogP contribution in [-0.4, -0.2) is 6.04 Å². The zero-order valence-corrected chi connectivity index (χ0v) is 12.8. The molecule has 0 fully saturated rings. The van der Waals surface area contributed by atoms with E-state index in [9.17, 15) is 4.39 Å². The minimum atomic E-state index is -0.582. The topological polar surface area (TPSA) is 59.0 Å². The normalized spacial score (nSPS) is 13.5. The van der Waals surface area contributed by atoms with E-state index in [1.54, 1.807) is 17.4 Å². The van der Waals surface area contributed by atoms with Gasteiger partial charge in [0.15, 0.2) is 0 Å². The quantitative estimate of drug-likeness (QED) is 0.910. The summed E-state index contributed by atoms with van der Waals surface area (Å²) in [6, 6.07) is 9.95. The summed E-state index contributed by atoms with van der Waals surface area (Å²) in [5.74, 6) is -0.348. The summed E-state index contributed by atoms with van der Waals surface area (Å²) in [5, 5.41) is 9.08. The molecule has 0 radical (unpaired) electrons. The lowest BCUT2D eigenvalue weighted by Gasteiger charge is -2.24. The molecule has 2 unspecified atom stereocenters. The smallest absolute Gasteiger partial charge is 0.148 e. The number of nitrogens with zero attached hydrogens (tertiary/aromatic N) is 1. The maximum absolute atomic E-state index is 13.7. The monoisotopic (exact) mass is 304 g/mol. The van der Waals surface area contributed by atoms with Crippen molar-refractivity contribution in [2.45, 2.75) is 32.4 Å². The average Bonchev–Trinajstić information content (AvgIpc) is 2.90. The number of rotatable bonds is 5. The first-order valence-corrected chi connectivity index (χ1v) is 7.55. The molecular formula is C16H17FN2OS. The van der Waals surface area contributed by atoms with Crippen LogP contribution in [0.5, 0.6) is 5.75 Å². The molecule has 1 aromatic carbocycles. The molecular weight excluding hydrogens is 287 g/mol. The number of thiophene rings is 1. The molecule has 0 aliphatic carbocycles. The van der Waals surface area contributed by atoms with Crippen LogP contribution < -0.4 is 10.5 Å². The van der Waals surface area contributed by atoms with Crippen molar-refractivity contribution >= 4 is 11.3 Å². The van der Waals surface area contributed by atoms with Gasteiger partial charge in [-0.25, -0.2) is 4.39 Å². The molecule has 2 N–H and O–H groups in total. The highest BCUT2D eigenvalue weighted by Crippen LogP contribution is 2.32. The molecule has 0 bridgehead atoms. The predicted octanol–water partition coefficient (Wildman–Crippen LogP) is 3.92. The molecule has 0 amide bonds. The summed E-state index contributed by atoms with van der Waals surface area (Å²) in [6.07, 6.45) is 0.335. The molecule has 5 heteroatoms.